The lowest BCUT2D eigenvalue weighted by Gasteiger charge is -2.10. The van der Waals surface area contributed by atoms with E-state index in [2.05, 4.69) is 4.72 Å². The third-order valence-corrected chi connectivity index (χ3v) is 4.22. The van der Waals surface area contributed by atoms with Crippen LogP contribution in [0, 0.1) is 18.7 Å². The third kappa shape index (κ3) is 4.01. The topological polar surface area (TPSA) is 83.5 Å². The maximum absolute atomic E-state index is 13.6. The Morgan fingerprint density at radius 1 is 1.40 bits per heavy atom. The van der Waals surface area contributed by atoms with E-state index >= 15 is 0 Å². The number of carboxylic acid groups (broad SMARTS) is 1. The number of benzene rings is 1. The largest absolute Gasteiger partial charge is 0.478 e. The molecule has 20 heavy (non-hydrogen) atoms. The molecule has 0 aliphatic carbocycles. The van der Waals surface area contributed by atoms with Gasteiger partial charge in [-0.05, 0) is 37.0 Å². The van der Waals surface area contributed by atoms with Crippen molar-refractivity contribution < 1.29 is 22.7 Å². The number of carboxylic acids is 1. The van der Waals surface area contributed by atoms with Crippen LogP contribution in [0.3, 0.4) is 0 Å². The van der Waals surface area contributed by atoms with Gasteiger partial charge >= 0.3 is 5.97 Å². The van der Waals surface area contributed by atoms with Gasteiger partial charge in [-0.2, -0.15) is 0 Å². The van der Waals surface area contributed by atoms with E-state index in [0.29, 0.717) is 12.3 Å². The first-order valence-corrected chi connectivity index (χ1v) is 7.66. The van der Waals surface area contributed by atoms with Crippen molar-refractivity contribution in [2.75, 3.05) is 6.54 Å². The minimum Gasteiger partial charge on any atom is -0.478 e. The maximum atomic E-state index is 13.6. The Morgan fingerprint density at radius 3 is 2.50 bits per heavy atom. The molecule has 0 aliphatic heterocycles. The van der Waals surface area contributed by atoms with Crippen LogP contribution in [0.15, 0.2) is 17.0 Å². The summed E-state index contributed by atoms with van der Waals surface area (Å²) in [5, 5.41) is 8.87. The highest BCUT2D eigenvalue weighted by molar-refractivity contribution is 7.89. The lowest BCUT2D eigenvalue weighted by molar-refractivity contribution is 0.0691. The molecule has 1 rings (SSSR count). The number of aryl methyl sites for hydroxylation is 1. The Morgan fingerprint density at radius 2 is 2.00 bits per heavy atom. The minimum atomic E-state index is -3.83. The molecule has 7 heteroatoms. The highest BCUT2D eigenvalue weighted by Gasteiger charge is 2.20. The molecule has 1 aromatic rings. The van der Waals surface area contributed by atoms with Gasteiger partial charge in [-0.25, -0.2) is 22.3 Å². The summed E-state index contributed by atoms with van der Waals surface area (Å²) in [6, 6.07) is 1.96. The van der Waals surface area contributed by atoms with Crippen molar-refractivity contribution in [3.63, 3.8) is 0 Å². The normalized spacial score (nSPS) is 11.8. The van der Waals surface area contributed by atoms with Crippen molar-refractivity contribution in [2.24, 2.45) is 5.92 Å². The average Bonchev–Trinajstić information content (AvgIpc) is 2.31. The fourth-order valence-electron chi connectivity index (χ4n) is 1.61. The molecule has 0 spiro atoms. The fraction of sp³-hybridized carbons (Fsp3) is 0.462. The molecule has 0 radical (unpaired) electrons. The van der Waals surface area contributed by atoms with Gasteiger partial charge in [0, 0.05) is 6.54 Å². The van der Waals surface area contributed by atoms with Crippen LogP contribution < -0.4 is 4.72 Å². The van der Waals surface area contributed by atoms with Gasteiger partial charge in [-0.3, -0.25) is 0 Å². The standard InChI is InChI=1S/C13H18FNO4S/c1-8(2)4-5-15-20(18,19)10-6-9(3)12(14)11(7-10)13(16)17/h6-8,15H,4-5H2,1-3H3,(H,16,17). The average molecular weight is 303 g/mol. The Hall–Kier alpha value is -1.47. The van der Waals surface area contributed by atoms with Gasteiger partial charge in [-0.1, -0.05) is 13.8 Å². The summed E-state index contributed by atoms with van der Waals surface area (Å²) in [6.45, 7) is 5.49. The van der Waals surface area contributed by atoms with Crippen LogP contribution in [-0.2, 0) is 10.0 Å². The van der Waals surface area contributed by atoms with Gasteiger partial charge in [0.05, 0.1) is 10.5 Å². The van der Waals surface area contributed by atoms with Gasteiger partial charge in [0.15, 0.2) is 0 Å². The van der Waals surface area contributed by atoms with Crippen molar-refractivity contribution in [3.8, 4) is 0 Å². The zero-order valence-electron chi connectivity index (χ0n) is 11.6. The molecular formula is C13H18FNO4S. The van der Waals surface area contributed by atoms with Crippen molar-refractivity contribution in [2.45, 2.75) is 32.1 Å². The van der Waals surface area contributed by atoms with E-state index in [1.54, 1.807) is 0 Å². The first-order chi connectivity index (χ1) is 9.15. The molecule has 0 amide bonds. The van der Waals surface area contributed by atoms with Crippen LogP contribution in [0.4, 0.5) is 4.39 Å². The Bertz CT molecular complexity index is 611. The van der Waals surface area contributed by atoms with Gasteiger partial charge in [0.1, 0.15) is 5.82 Å². The quantitative estimate of drug-likeness (QED) is 0.843. The number of carbonyl (C=O) groups is 1. The van der Waals surface area contributed by atoms with Gasteiger partial charge < -0.3 is 5.11 Å². The van der Waals surface area contributed by atoms with E-state index in [0.717, 1.165) is 12.1 Å². The van der Waals surface area contributed by atoms with Crippen LogP contribution in [0.2, 0.25) is 0 Å². The number of nitrogens with one attached hydrogen (secondary N) is 1. The molecular weight excluding hydrogens is 285 g/mol. The summed E-state index contributed by atoms with van der Waals surface area (Å²) in [5.41, 5.74) is -0.664. The van der Waals surface area contributed by atoms with E-state index in [-0.39, 0.29) is 17.0 Å². The van der Waals surface area contributed by atoms with Crippen LogP contribution >= 0.6 is 0 Å². The summed E-state index contributed by atoms with van der Waals surface area (Å²) >= 11 is 0. The van der Waals surface area contributed by atoms with Crippen LogP contribution in [-0.4, -0.2) is 26.0 Å². The molecule has 1 aromatic carbocycles. The number of hydrogen-bond donors (Lipinski definition) is 2. The van der Waals surface area contributed by atoms with Crippen LogP contribution in [0.5, 0.6) is 0 Å². The van der Waals surface area contributed by atoms with E-state index in [4.69, 9.17) is 5.11 Å². The molecule has 0 unspecified atom stereocenters. The van der Waals surface area contributed by atoms with E-state index in [9.17, 15) is 17.6 Å². The van der Waals surface area contributed by atoms with Gasteiger partial charge in [0.25, 0.3) is 0 Å². The molecule has 0 saturated heterocycles. The summed E-state index contributed by atoms with van der Waals surface area (Å²) < 4.78 is 40.0. The van der Waals surface area contributed by atoms with Crippen molar-refractivity contribution in [3.05, 3.63) is 29.1 Å². The Labute approximate surface area is 117 Å². The monoisotopic (exact) mass is 303 g/mol. The predicted molar refractivity (Wildman–Crippen MR) is 72.7 cm³/mol. The second-order valence-electron chi connectivity index (χ2n) is 4.99. The lowest BCUT2D eigenvalue weighted by atomic mass is 10.1. The second-order valence-corrected chi connectivity index (χ2v) is 6.75. The van der Waals surface area contributed by atoms with Crippen molar-refractivity contribution in [1.82, 2.24) is 4.72 Å². The van der Waals surface area contributed by atoms with E-state index < -0.39 is 27.4 Å². The molecule has 0 heterocycles. The predicted octanol–water partition coefficient (Wildman–Crippen LogP) is 2.16. The molecule has 0 aliphatic rings. The zero-order chi connectivity index (χ0) is 15.5. The third-order valence-electron chi connectivity index (χ3n) is 2.78. The summed E-state index contributed by atoms with van der Waals surface area (Å²) in [6.07, 6.45) is 0.658. The van der Waals surface area contributed by atoms with Crippen molar-refractivity contribution >= 4 is 16.0 Å². The molecule has 5 nitrogen and oxygen atoms in total. The SMILES string of the molecule is Cc1cc(S(=O)(=O)NCCC(C)C)cc(C(=O)O)c1F. The highest BCUT2D eigenvalue weighted by atomic mass is 32.2. The number of aromatic carboxylic acids is 1. The lowest BCUT2D eigenvalue weighted by Crippen LogP contribution is -2.26. The van der Waals surface area contributed by atoms with Gasteiger partial charge in [0.2, 0.25) is 10.0 Å². The van der Waals surface area contributed by atoms with Gasteiger partial charge in [-0.15, -0.1) is 0 Å². The number of rotatable bonds is 6. The molecule has 0 aromatic heterocycles. The molecule has 0 atom stereocenters. The summed E-state index contributed by atoms with van der Waals surface area (Å²) in [4.78, 5) is 10.7. The molecule has 2 N–H and O–H groups in total. The summed E-state index contributed by atoms with van der Waals surface area (Å²) in [5.74, 6) is -2.08. The highest BCUT2D eigenvalue weighted by Crippen LogP contribution is 2.19. The first-order valence-electron chi connectivity index (χ1n) is 6.18. The van der Waals surface area contributed by atoms with Crippen molar-refractivity contribution in [1.29, 1.82) is 0 Å². The Balaban J connectivity index is 3.10. The minimum absolute atomic E-state index is 0.0193. The Kier molecular flexibility index (Phi) is 5.24. The molecule has 0 bridgehead atoms. The number of sulfonamides is 1. The number of hydrogen-bond acceptors (Lipinski definition) is 3. The van der Waals surface area contributed by atoms with Crippen LogP contribution in [0.25, 0.3) is 0 Å². The van der Waals surface area contributed by atoms with E-state index in [1.165, 1.54) is 6.92 Å². The molecule has 0 saturated carbocycles. The van der Waals surface area contributed by atoms with Crippen LogP contribution in [0.1, 0.15) is 36.2 Å². The smallest absolute Gasteiger partial charge is 0.338 e. The number of halogens is 1. The zero-order valence-corrected chi connectivity index (χ0v) is 12.4. The maximum Gasteiger partial charge on any atom is 0.338 e. The second kappa shape index (κ2) is 6.32. The first kappa shape index (κ1) is 16.6. The molecule has 0 fully saturated rings. The fourth-order valence-corrected chi connectivity index (χ4v) is 2.77. The van der Waals surface area contributed by atoms with E-state index in [1.807, 2.05) is 13.8 Å². The summed E-state index contributed by atoms with van der Waals surface area (Å²) in [7, 11) is -3.83. The molecule has 112 valence electrons.